The number of aromatic nitrogens is 2. The molecule has 4 N–H and O–H groups in total. The normalized spacial score (nSPS) is 12.9. The van der Waals surface area contributed by atoms with Gasteiger partial charge in [-0.3, -0.25) is 9.59 Å². The van der Waals surface area contributed by atoms with Crippen molar-refractivity contribution in [2.75, 3.05) is 48.8 Å². The number of hydrogen-bond acceptors (Lipinski definition) is 6. The molecule has 0 aliphatic carbocycles. The van der Waals surface area contributed by atoms with Gasteiger partial charge in [0, 0.05) is 71.8 Å². The number of nitrogens with one attached hydrogen (secondary N) is 1. The summed E-state index contributed by atoms with van der Waals surface area (Å²) in [5.74, 6) is 0.178. The first-order valence-corrected chi connectivity index (χ1v) is 14.9. The Kier molecular flexibility index (Phi) is 14.0. The molecule has 3 heterocycles. The predicted molar refractivity (Wildman–Crippen MR) is 175 cm³/mol. The molecule has 0 saturated carbocycles. The van der Waals surface area contributed by atoms with Crippen LogP contribution in [0.4, 0.5) is 17.2 Å². The lowest BCUT2D eigenvalue weighted by atomic mass is 10.1. The van der Waals surface area contributed by atoms with Gasteiger partial charge in [-0.25, -0.2) is 4.98 Å². The average molecular weight is 571 g/mol. The fraction of sp³-hybridized carbons (Fsp3) is 0.531. The maximum absolute atomic E-state index is 13.0. The minimum atomic E-state index is -0.833. The molecule has 1 saturated heterocycles. The molecule has 9 nitrogen and oxygen atoms in total. The van der Waals surface area contributed by atoms with Crippen molar-refractivity contribution in [3.05, 3.63) is 48.3 Å². The molecule has 0 unspecified atom stereocenters. The number of nitrogens with zero attached hydrogens (tertiary/aromatic N) is 4. The Hall–Kier alpha value is -3.75. The average Bonchev–Trinajstić information content (AvgIpc) is 3.38. The fourth-order valence-electron chi connectivity index (χ4n) is 4.60. The highest BCUT2D eigenvalue weighted by Crippen LogP contribution is 2.28. The third-order valence-corrected chi connectivity index (χ3v) is 7.12. The second-order valence-electron chi connectivity index (χ2n) is 10.8. The van der Waals surface area contributed by atoms with Gasteiger partial charge in [0.25, 0.3) is 11.9 Å². The Balaban J connectivity index is 0.00000108. The number of aromatic amines is 1. The zero-order valence-electron chi connectivity index (χ0n) is 25.8. The van der Waals surface area contributed by atoms with Gasteiger partial charge >= 0.3 is 0 Å². The van der Waals surface area contributed by atoms with Crippen molar-refractivity contribution in [1.82, 2.24) is 14.9 Å². The number of piperazine rings is 1. The molecular weight excluding hydrogens is 516 g/mol. The SMILES string of the molecule is CC(=O)O.CC(C)N(C)c1cccnc1N1CCN(C(=O)c2cc3cc(N)ccc3[nH]2)CC1.CCCCCCCC.[HH].[HH]. The minimum Gasteiger partial charge on any atom is -0.481 e. The second-order valence-corrected chi connectivity index (χ2v) is 10.8. The number of unbranched alkanes of at least 4 members (excludes halogenated alkanes) is 5. The van der Waals surface area contributed by atoms with Crippen molar-refractivity contribution in [3.63, 3.8) is 0 Å². The van der Waals surface area contributed by atoms with Crippen molar-refractivity contribution in [2.24, 2.45) is 0 Å². The molecule has 1 aliphatic rings. The molecule has 1 aromatic carbocycles. The van der Waals surface area contributed by atoms with Gasteiger partial charge in [0.1, 0.15) is 5.69 Å². The third kappa shape index (κ3) is 10.6. The van der Waals surface area contributed by atoms with E-state index >= 15 is 0 Å². The van der Waals surface area contributed by atoms with E-state index in [1.165, 1.54) is 38.5 Å². The van der Waals surface area contributed by atoms with Gasteiger partial charge in [-0.15, -0.1) is 0 Å². The number of carbonyl (C=O) groups excluding carboxylic acids is 1. The highest BCUT2D eigenvalue weighted by Gasteiger charge is 2.26. The third-order valence-electron chi connectivity index (χ3n) is 7.12. The van der Waals surface area contributed by atoms with Crippen LogP contribution < -0.4 is 15.5 Å². The largest absolute Gasteiger partial charge is 0.481 e. The van der Waals surface area contributed by atoms with Crippen LogP contribution in [0, 0.1) is 0 Å². The van der Waals surface area contributed by atoms with Crippen LogP contribution in [0.1, 0.15) is 86.5 Å². The number of hydrogen-bond donors (Lipinski definition) is 3. The maximum Gasteiger partial charge on any atom is 0.300 e. The van der Waals surface area contributed by atoms with Gasteiger partial charge in [-0.05, 0) is 50.2 Å². The van der Waals surface area contributed by atoms with Gasteiger partial charge in [0.2, 0.25) is 0 Å². The number of carbonyl (C=O) groups is 2. The molecule has 9 heteroatoms. The van der Waals surface area contributed by atoms with Crippen LogP contribution in [-0.2, 0) is 4.79 Å². The van der Waals surface area contributed by atoms with Gasteiger partial charge in [0.15, 0.2) is 5.82 Å². The van der Waals surface area contributed by atoms with E-state index < -0.39 is 5.97 Å². The van der Waals surface area contributed by atoms with Crippen LogP contribution in [0.3, 0.4) is 0 Å². The molecule has 0 radical (unpaired) electrons. The monoisotopic (exact) mass is 570 g/mol. The van der Waals surface area contributed by atoms with E-state index in [1.807, 2.05) is 41.4 Å². The highest BCUT2D eigenvalue weighted by atomic mass is 16.4. The van der Waals surface area contributed by atoms with E-state index in [2.05, 4.69) is 60.6 Å². The molecule has 0 bridgehead atoms. The van der Waals surface area contributed by atoms with Gasteiger partial charge in [0.05, 0.1) is 5.69 Å². The summed E-state index contributed by atoms with van der Waals surface area (Å²) in [4.78, 5) is 36.2. The van der Waals surface area contributed by atoms with E-state index in [0.717, 1.165) is 42.4 Å². The fourth-order valence-corrected chi connectivity index (χ4v) is 4.60. The number of nitrogen functional groups attached to an aromatic ring is 1. The highest BCUT2D eigenvalue weighted by molar-refractivity contribution is 5.98. The first kappa shape index (κ1) is 33.5. The molecule has 2 aromatic heterocycles. The summed E-state index contributed by atoms with van der Waals surface area (Å²) in [6, 6.07) is 12.0. The van der Waals surface area contributed by atoms with Crippen molar-refractivity contribution >= 4 is 40.0 Å². The first-order chi connectivity index (χ1) is 19.6. The Morgan fingerprint density at radius 1 is 1.05 bits per heavy atom. The van der Waals surface area contributed by atoms with Crippen molar-refractivity contribution < 1.29 is 17.5 Å². The Labute approximate surface area is 248 Å². The summed E-state index contributed by atoms with van der Waals surface area (Å²) in [7, 11) is 2.09. The number of pyridine rings is 1. The number of H-pyrrole nitrogens is 1. The van der Waals surface area contributed by atoms with Gasteiger partial charge < -0.3 is 30.5 Å². The van der Waals surface area contributed by atoms with Crippen molar-refractivity contribution in [3.8, 4) is 0 Å². The minimum absolute atomic E-state index is 0. The van der Waals surface area contributed by atoms with Crippen molar-refractivity contribution in [2.45, 2.75) is 79.2 Å². The molecule has 0 spiro atoms. The molecule has 3 aromatic rings. The predicted octanol–water partition coefficient (Wildman–Crippen LogP) is 6.90. The number of benzene rings is 1. The number of carboxylic acid groups (broad SMARTS) is 1. The Morgan fingerprint density at radius 3 is 2.22 bits per heavy atom. The molecule has 1 amide bonds. The Morgan fingerprint density at radius 2 is 1.66 bits per heavy atom. The molecule has 230 valence electrons. The lowest BCUT2D eigenvalue weighted by molar-refractivity contribution is -0.134. The van der Waals surface area contributed by atoms with Crippen molar-refractivity contribution in [1.29, 1.82) is 0 Å². The first-order valence-electron chi connectivity index (χ1n) is 14.9. The standard InChI is InChI=1S/C22H28N6O.C8H18.C2H4O2.2H2/c1-15(2)26(3)20-5-4-8-24-21(20)27-9-11-28(12-10-27)22(29)19-14-16-13-17(23)6-7-18(16)25-19;1-3-5-7-8-6-4-2;1-2(3)4;;/h4-8,13-15,25H,9-12,23H2,1-3H3;3-8H2,1-2H3;1H3,(H,3,4);2*1H. The van der Waals surface area contributed by atoms with E-state index in [0.29, 0.717) is 30.5 Å². The molecule has 0 atom stereocenters. The Bertz CT molecular complexity index is 1220. The molecule has 4 rings (SSSR count). The van der Waals surface area contributed by atoms with Crippen LogP contribution in [0.2, 0.25) is 0 Å². The summed E-state index contributed by atoms with van der Waals surface area (Å²) in [5.41, 5.74) is 9.20. The number of anilines is 3. The summed E-state index contributed by atoms with van der Waals surface area (Å²) in [6.45, 7) is 12.8. The van der Waals surface area contributed by atoms with Crippen LogP contribution in [-0.4, -0.2) is 71.1 Å². The van der Waals surface area contributed by atoms with E-state index in [9.17, 15) is 4.79 Å². The lowest BCUT2D eigenvalue weighted by Crippen LogP contribution is -2.49. The second kappa shape index (κ2) is 17.1. The van der Waals surface area contributed by atoms with E-state index in [4.69, 9.17) is 15.6 Å². The summed E-state index contributed by atoms with van der Waals surface area (Å²) in [6.07, 6.45) is 10.3. The zero-order valence-corrected chi connectivity index (χ0v) is 25.8. The molecular formula is C32H54N6O3. The maximum atomic E-state index is 13.0. The number of nitrogens with two attached hydrogens (primary N) is 1. The van der Waals surface area contributed by atoms with Crippen LogP contribution in [0.5, 0.6) is 0 Å². The summed E-state index contributed by atoms with van der Waals surface area (Å²) in [5, 5.41) is 8.38. The van der Waals surface area contributed by atoms with E-state index in [-0.39, 0.29) is 8.76 Å². The van der Waals surface area contributed by atoms with Crippen LogP contribution in [0.25, 0.3) is 10.9 Å². The summed E-state index contributed by atoms with van der Waals surface area (Å²) < 4.78 is 0. The number of fused-ring (bicyclic) bond motifs is 1. The van der Waals surface area contributed by atoms with Crippen LogP contribution >= 0.6 is 0 Å². The molecule has 1 aliphatic heterocycles. The number of rotatable bonds is 9. The lowest BCUT2D eigenvalue weighted by Gasteiger charge is -2.37. The smallest absolute Gasteiger partial charge is 0.300 e. The van der Waals surface area contributed by atoms with E-state index in [1.54, 1.807) is 0 Å². The number of aliphatic carboxylic acids is 1. The van der Waals surface area contributed by atoms with Crippen LogP contribution in [0.15, 0.2) is 42.6 Å². The molecule has 1 fully saturated rings. The number of amides is 1. The van der Waals surface area contributed by atoms with Gasteiger partial charge in [-0.2, -0.15) is 0 Å². The molecule has 41 heavy (non-hydrogen) atoms. The quantitative estimate of drug-likeness (QED) is 0.189. The summed E-state index contributed by atoms with van der Waals surface area (Å²) >= 11 is 0. The zero-order chi connectivity index (χ0) is 30.4. The van der Waals surface area contributed by atoms with Gasteiger partial charge in [-0.1, -0.05) is 52.4 Å². The topological polar surface area (TPSA) is 119 Å². The number of carboxylic acids is 1.